The van der Waals surface area contributed by atoms with Crippen molar-refractivity contribution in [1.82, 2.24) is 4.31 Å². The average molecular weight is 300 g/mol. The van der Waals surface area contributed by atoms with Gasteiger partial charge in [0.15, 0.2) is 0 Å². The maximum Gasteiger partial charge on any atom is 0.243 e. The van der Waals surface area contributed by atoms with Crippen LogP contribution in [0.3, 0.4) is 0 Å². The third-order valence-electron chi connectivity index (χ3n) is 3.35. The van der Waals surface area contributed by atoms with Crippen molar-refractivity contribution in [3.63, 3.8) is 0 Å². The van der Waals surface area contributed by atoms with Crippen LogP contribution in [0.2, 0.25) is 0 Å². The van der Waals surface area contributed by atoms with E-state index in [0.29, 0.717) is 5.56 Å². The van der Waals surface area contributed by atoms with Gasteiger partial charge in [0, 0.05) is 18.7 Å². The minimum absolute atomic E-state index is 0.0878. The van der Waals surface area contributed by atoms with Crippen LogP contribution in [-0.2, 0) is 10.0 Å². The summed E-state index contributed by atoms with van der Waals surface area (Å²) >= 11 is 4.92. The van der Waals surface area contributed by atoms with Crippen LogP contribution >= 0.6 is 12.2 Å². The summed E-state index contributed by atoms with van der Waals surface area (Å²) in [6, 6.07) is 6.45. The monoisotopic (exact) mass is 300 g/mol. The van der Waals surface area contributed by atoms with Crippen molar-refractivity contribution in [2.24, 2.45) is 11.7 Å². The zero-order valence-corrected chi connectivity index (χ0v) is 13.3. The van der Waals surface area contributed by atoms with Crippen LogP contribution in [0.1, 0.15) is 26.3 Å². The Labute approximate surface area is 120 Å². The summed E-state index contributed by atoms with van der Waals surface area (Å²) in [6.07, 6.45) is 0. The Morgan fingerprint density at radius 2 is 1.79 bits per heavy atom. The molecule has 0 aliphatic rings. The summed E-state index contributed by atoms with van der Waals surface area (Å²) < 4.78 is 26.6. The van der Waals surface area contributed by atoms with Crippen molar-refractivity contribution in [2.75, 3.05) is 7.05 Å². The second-order valence-corrected chi connectivity index (χ2v) is 7.27. The van der Waals surface area contributed by atoms with E-state index in [1.165, 1.54) is 10.4 Å². The number of hydrogen-bond donors (Lipinski definition) is 1. The fourth-order valence-corrected chi connectivity index (χ4v) is 3.63. The zero-order chi connectivity index (χ0) is 14.8. The van der Waals surface area contributed by atoms with Crippen LogP contribution in [0.25, 0.3) is 0 Å². The highest BCUT2D eigenvalue weighted by atomic mass is 32.2. The fourth-order valence-electron chi connectivity index (χ4n) is 1.69. The molecule has 19 heavy (non-hydrogen) atoms. The number of benzene rings is 1. The number of sulfonamides is 1. The summed E-state index contributed by atoms with van der Waals surface area (Å²) in [5.41, 5.74) is 5.98. The van der Waals surface area contributed by atoms with Crippen molar-refractivity contribution < 1.29 is 8.42 Å². The largest absolute Gasteiger partial charge is 0.389 e. The molecule has 0 aromatic heterocycles. The number of nitrogens with two attached hydrogens (primary N) is 1. The van der Waals surface area contributed by atoms with Crippen molar-refractivity contribution in [3.8, 4) is 0 Å². The normalized spacial score (nSPS) is 13.8. The number of hydrogen-bond acceptors (Lipinski definition) is 3. The van der Waals surface area contributed by atoms with Gasteiger partial charge in [-0.2, -0.15) is 4.31 Å². The Morgan fingerprint density at radius 3 is 2.26 bits per heavy atom. The van der Waals surface area contributed by atoms with E-state index in [4.69, 9.17) is 18.0 Å². The zero-order valence-electron chi connectivity index (χ0n) is 11.6. The molecule has 0 aliphatic heterocycles. The van der Waals surface area contributed by atoms with Gasteiger partial charge < -0.3 is 5.73 Å². The van der Waals surface area contributed by atoms with Crippen molar-refractivity contribution in [2.45, 2.75) is 31.7 Å². The van der Waals surface area contributed by atoms with E-state index in [-0.39, 0.29) is 21.8 Å². The molecule has 1 aromatic rings. The van der Waals surface area contributed by atoms with E-state index in [0.717, 1.165) is 0 Å². The predicted octanol–water partition coefficient (Wildman–Crippen LogP) is 1.99. The summed E-state index contributed by atoms with van der Waals surface area (Å²) in [7, 11) is -2.01. The molecule has 1 rings (SSSR count). The van der Waals surface area contributed by atoms with Crippen molar-refractivity contribution in [1.29, 1.82) is 0 Å². The Morgan fingerprint density at radius 1 is 1.26 bits per heavy atom. The topological polar surface area (TPSA) is 63.4 Å². The minimum Gasteiger partial charge on any atom is -0.389 e. The third-order valence-corrected chi connectivity index (χ3v) is 5.57. The van der Waals surface area contributed by atoms with Gasteiger partial charge in [-0.25, -0.2) is 8.42 Å². The summed E-state index contributed by atoms with van der Waals surface area (Å²) in [5.74, 6) is 0.219. The van der Waals surface area contributed by atoms with Crippen LogP contribution in [0.5, 0.6) is 0 Å². The van der Waals surface area contributed by atoms with Gasteiger partial charge in [0.2, 0.25) is 10.0 Å². The SMILES string of the molecule is CC(C)C(C)N(C)S(=O)(=O)c1ccccc1C(N)=S. The van der Waals surface area contributed by atoms with Gasteiger partial charge in [-0.05, 0) is 18.9 Å². The molecule has 0 saturated heterocycles. The Kier molecular flexibility index (Phi) is 5.06. The highest BCUT2D eigenvalue weighted by Crippen LogP contribution is 2.23. The van der Waals surface area contributed by atoms with Crippen LogP contribution < -0.4 is 5.73 Å². The lowest BCUT2D eigenvalue weighted by atomic mass is 10.1. The summed E-state index contributed by atoms with van der Waals surface area (Å²) in [5, 5.41) is 0. The van der Waals surface area contributed by atoms with E-state index >= 15 is 0 Å². The smallest absolute Gasteiger partial charge is 0.243 e. The first-order valence-corrected chi connectivity index (χ1v) is 7.91. The molecule has 0 spiro atoms. The second kappa shape index (κ2) is 5.98. The van der Waals surface area contributed by atoms with E-state index < -0.39 is 10.0 Å². The van der Waals surface area contributed by atoms with Gasteiger partial charge in [-0.15, -0.1) is 0 Å². The first-order valence-electron chi connectivity index (χ1n) is 6.06. The molecule has 2 N–H and O–H groups in total. The van der Waals surface area contributed by atoms with E-state index in [2.05, 4.69) is 0 Å². The first-order chi connectivity index (χ1) is 8.69. The molecule has 0 saturated carbocycles. The molecule has 1 unspecified atom stereocenters. The van der Waals surface area contributed by atoms with E-state index in [9.17, 15) is 8.42 Å². The number of thiocarbonyl (C=S) groups is 1. The summed E-state index contributed by atoms with van der Waals surface area (Å²) in [4.78, 5) is 0.252. The molecule has 0 aliphatic carbocycles. The van der Waals surface area contributed by atoms with Crippen LogP contribution in [-0.4, -0.2) is 30.8 Å². The van der Waals surface area contributed by atoms with Gasteiger partial charge >= 0.3 is 0 Å². The quantitative estimate of drug-likeness (QED) is 0.845. The van der Waals surface area contributed by atoms with Gasteiger partial charge in [0.25, 0.3) is 0 Å². The molecule has 4 nitrogen and oxygen atoms in total. The van der Waals surface area contributed by atoms with Crippen LogP contribution in [0.15, 0.2) is 29.2 Å². The maximum atomic E-state index is 12.6. The molecule has 1 atom stereocenters. The lowest BCUT2D eigenvalue weighted by Crippen LogP contribution is -2.39. The molecule has 0 amide bonds. The highest BCUT2D eigenvalue weighted by molar-refractivity contribution is 7.89. The molecule has 106 valence electrons. The molecule has 6 heteroatoms. The molecular formula is C13H20N2O2S2. The van der Waals surface area contributed by atoms with Gasteiger partial charge in [0.05, 0.1) is 4.90 Å². The molecule has 0 bridgehead atoms. The van der Waals surface area contributed by atoms with E-state index in [1.807, 2.05) is 20.8 Å². The first kappa shape index (κ1) is 16.1. The number of nitrogens with zero attached hydrogens (tertiary/aromatic N) is 1. The van der Waals surface area contributed by atoms with Crippen LogP contribution in [0.4, 0.5) is 0 Å². The van der Waals surface area contributed by atoms with Gasteiger partial charge in [0.1, 0.15) is 4.99 Å². The second-order valence-electron chi connectivity index (χ2n) is 4.87. The van der Waals surface area contributed by atoms with E-state index in [1.54, 1.807) is 25.2 Å². The average Bonchev–Trinajstić information content (AvgIpc) is 2.36. The molecule has 0 heterocycles. The van der Waals surface area contributed by atoms with Crippen molar-refractivity contribution >= 4 is 27.2 Å². The molecular weight excluding hydrogens is 280 g/mol. The lowest BCUT2D eigenvalue weighted by Gasteiger charge is -2.27. The van der Waals surface area contributed by atoms with Crippen LogP contribution in [0, 0.1) is 5.92 Å². The van der Waals surface area contributed by atoms with Crippen molar-refractivity contribution in [3.05, 3.63) is 29.8 Å². The maximum absolute atomic E-state index is 12.6. The Balaban J connectivity index is 3.32. The number of rotatable bonds is 5. The lowest BCUT2D eigenvalue weighted by molar-refractivity contribution is 0.315. The summed E-state index contributed by atoms with van der Waals surface area (Å²) in [6.45, 7) is 5.85. The Hall–Kier alpha value is -0.980. The third kappa shape index (κ3) is 3.32. The van der Waals surface area contributed by atoms with Gasteiger partial charge in [-0.1, -0.05) is 44.3 Å². The molecule has 0 fully saturated rings. The minimum atomic E-state index is -3.59. The molecule has 0 radical (unpaired) electrons. The van der Waals surface area contributed by atoms with Gasteiger partial charge in [-0.3, -0.25) is 0 Å². The fraction of sp³-hybridized carbons (Fsp3) is 0.462. The molecule has 1 aromatic carbocycles. The predicted molar refractivity (Wildman–Crippen MR) is 81.6 cm³/mol. The Bertz CT molecular complexity index is 568. The highest BCUT2D eigenvalue weighted by Gasteiger charge is 2.29. The standard InChI is InChI=1S/C13H20N2O2S2/c1-9(2)10(3)15(4)19(16,17)12-8-6-5-7-11(12)13(14)18/h5-10H,1-4H3,(H2,14,18).